The highest BCUT2D eigenvalue weighted by Gasteiger charge is 2.07. The second-order valence-corrected chi connectivity index (χ2v) is 5.28. The lowest BCUT2D eigenvalue weighted by molar-refractivity contribution is 0.0946. The fourth-order valence-electron chi connectivity index (χ4n) is 2.40. The number of hydrogen-bond donors (Lipinski definition) is 1. The Labute approximate surface area is 135 Å². The lowest BCUT2D eigenvalue weighted by Gasteiger charge is -2.09. The molecule has 0 fully saturated rings. The van der Waals surface area contributed by atoms with E-state index in [0.717, 1.165) is 22.2 Å². The number of aromatic nitrogens is 1. The SMILES string of the molecule is Cc1ccccc1C(=O)NCCOc1ccc2ncccc2c1. The molecular weight excluding hydrogens is 288 g/mol. The Balaban J connectivity index is 1.53. The van der Waals surface area contributed by atoms with Crippen LogP contribution < -0.4 is 10.1 Å². The number of ether oxygens (including phenoxy) is 1. The van der Waals surface area contributed by atoms with E-state index in [4.69, 9.17) is 4.74 Å². The summed E-state index contributed by atoms with van der Waals surface area (Å²) in [7, 11) is 0. The zero-order valence-electron chi connectivity index (χ0n) is 13.0. The Kier molecular flexibility index (Phi) is 4.52. The molecule has 0 aliphatic carbocycles. The third-order valence-electron chi connectivity index (χ3n) is 3.62. The van der Waals surface area contributed by atoms with E-state index in [0.29, 0.717) is 18.7 Å². The van der Waals surface area contributed by atoms with Crippen molar-refractivity contribution in [3.63, 3.8) is 0 Å². The van der Waals surface area contributed by atoms with Crippen molar-refractivity contribution < 1.29 is 9.53 Å². The molecule has 3 rings (SSSR count). The van der Waals surface area contributed by atoms with Gasteiger partial charge in [-0.1, -0.05) is 24.3 Å². The van der Waals surface area contributed by atoms with Crippen LogP contribution in [0.15, 0.2) is 60.8 Å². The van der Waals surface area contributed by atoms with Gasteiger partial charge in [0.15, 0.2) is 0 Å². The summed E-state index contributed by atoms with van der Waals surface area (Å²) >= 11 is 0. The van der Waals surface area contributed by atoms with Gasteiger partial charge < -0.3 is 10.1 Å². The summed E-state index contributed by atoms with van der Waals surface area (Å²) in [4.78, 5) is 16.3. The molecule has 0 radical (unpaired) electrons. The highest BCUT2D eigenvalue weighted by molar-refractivity contribution is 5.95. The first-order chi connectivity index (χ1) is 11.2. The van der Waals surface area contributed by atoms with Crippen molar-refractivity contribution in [3.05, 3.63) is 71.9 Å². The summed E-state index contributed by atoms with van der Waals surface area (Å²) in [5.41, 5.74) is 2.60. The third-order valence-corrected chi connectivity index (χ3v) is 3.62. The van der Waals surface area contributed by atoms with Gasteiger partial charge in [-0.3, -0.25) is 9.78 Å². The quantitative estimate of drug-likeness (QED) is 0.735. The minimum absolute atomic E-state index is 0.0746. The van der Waals surface area contributed by atoms with Crippen LogP contribution in [0.5, 0.6) is 5.75 Å². The van der Waals surface area contributed by atoms with Crippen LogP contribution in [0.2, 0.25) is 0 Å². The Hall–Kier alpha value is -2.88. The number of rotatable bonds is 5. The van der Waals surface area contributed by atoms with Crippen LogP contribution >= 0.6 is 0 Å². The number of fused-ring (bicyclic) bond motifs is 1. The van der Waals surface area contributed by atoms with Crippen LogP contribution in [0.4, 0.5) is 0 Å². The molecule has 1 amide bonds. The Morgan fingerprint density at radius 1 is 1.13 bits per heavy atom. The Bertz CT molecular complexity index is 830. The maximum Gasteiger partial charge on any atom is 0.251 e. The van der Waals surface area contributed by atoms with Crippen molar-refractivity contribution in [1.29, 1.82) is 0 Å². The zero-order chi connectivity index (χ0) is 16.1. The van der Waals surface area contributed by atoms with Crippen LogP contribution in [0.3, 0.4) is 0 Å². The largest absolute Gasteiger partial charge is 0.492 e. The first kappa shape index (κ1) is 15.0. The van der Waals surface area contributed by atoms with Gasteiger partial charge in [-0.2, -0.15) is 0 Å². The van der Waals surface area contributed by atoms with Crippen molar-refractivity contribution in [3.8, 4) is 5.75 Å². The minimum atomic E-state index is -0.0746. The number of nitrogens with one attached hydrogen (secondary N) is 1. The average Bonchev–Trinajstić information content (AvgIpc) is 2.59. The molecule has 4 heteroatoms. The molecule has 0 aliphatic rings. The molecule has 1 N–H and O–H groups in total. The first-order valence-corrected chi connectivity index (χ1v) is 7.55. The number of hydrogen-bond acceptors (Lipinski definition) is 3. The highest BCUT2D eigenvalue weighted by atomic mass is 16.5. The van der Waals surface area contributed by atoms with Crippen molar-refractivity contribution in [1.82, 2.24) is 10.3 Å². The summed E-state index contributed by atoms with van der Waals surface area (Å²) in [5, 5.41) is 3.91. The van der Waals surface area contributed by atoms with Gasteiger partial charge in [-0.15, -0.1) is 0 Å². The smallest absolute Gasteiger partial charge is 0.251 e. The second-order valence-electron chi connectivity index (χ2n) is 5.28. The van der Waals surface area contributed by atoms with Gasteiger partial charge in [0.1, 0.15) is 12.4 Å². The molecule has 2 aromatic carbocycles. The molecule has 0 unspecified atom stereocenters. The predicted molar refractivity (Wildman–Crippen MR) is 90.8 cm³/mol. The van der Waals surface area contributed by atoms with E-state index in [1.165, 1.54) is 0 Å². The van der Waals surface area contributed by atoms with E-state index in [2.05, 4.69) is 10.3 Å². The van der Waals surface area contributed by atoms with Gasteiger partial charge in [0.25, 0.3) is 5.91 Å². The van der Waals surface area contributed by atoms with Crippen molar-refractivity contribution in [2.24, 2.45) is 0 Å². The van der Waals surface area contributed by atoms with Gasteiger partial charge >= 0.3 is 0 Å². The third kappa shape index (κ3) is 3.66. The fraction of sp³-hybridized carbons (Fsp3) is 0.158. The number of benzene rings is 2. The van der Waals surface area contributed by atoms with Crippen molar-refractivity contribution >= 4 is 16.8 Å². The van der Waals surface area contributed by atoms with Crippen LogP contribution in [0, 0.1) is 6.92 Å². The van der Waals surface area contributed by atoms with E-state index in [1.807, 2.05) is 61.5 Å². The minimum Gasteiger partial charge on any atom is -0.492 e. The molecular formula is C19H18N2O2. The van der Waals surface area contributed by atoms with Crippen LogP contribution in [0.25, 0.3) is 10.9 Å². The molecule has 0 saturated heterocycles. The van der Waals surface area contributed by atoms with E-state index in [9.17, 15) is 4.79 Å². The number of pyridine rings is 1. The molecule has 0 saturated carbocycles. The maximum absolute atomic E-state index is 12.1. The summed E-state index contributed by atoms with van der Waals surface area (Å²) in [6, 6.07) is 17.2. The van der Waals surface area contributed by atoms with Gasteiger partial charge in [0.2, 0.25) is 0 Å². The zero-order valence-corrected chi connectivity index (χ0v) is 13.0. The molecule has 0 bridgehead atoms. The van der Waals surface area contributed by atoms with Crippen LogP contribution in [0.1, 0.15) is 15.9 Å². The number of carbonyl (C=O) groups is 1. The van der Waals surface area contributed by atoms with Gasteiger partial charge in [0, 0.05) is 17.1 Å². The molecule has 116 valence electrons. The Morgan fingerprint density at radius 2 is 2.00 bits per heavy atom. The monoisotopic (exact) mass is 306 g/mol. The lowest BCUT2D eigenvalue weighted by Crippen LogP contribution is -2.28. The summed E-state index contributed by atoms with van der Waals surface area (Å²) < 4.78 is 5.69. The van der Waals surface area contributed by atoms with Crippen LogP contribution in [-0.4, -0.2) is 24.0 Å². The summed E-state index contributed by atoms with van der Waals surface area (Å²) in [5.74, 6) is 0.699. The standard InChI is InChI=1S/C19H18N2O2/c1-14-5-2-3-7-17(14)19(22)21-11-12-23-16-8-9-18-15(13-16)6-4-10-20-18/h2-10,13H,11-12H2,1H3,(H,21,22). The Morgan fingerprint density at radius 3 is 2.87 bits per heavy atom. The lowest BCUT2D eigenvalue weighted by atomic mass is 10.1. The van der Waals surface area contributed by atoms with Gasteiger partial charge in [0.05, 0.1) is 12.1 Å². The molecule has 23 heavy (non-hydrogen) atoms. The molecule has 3 aromatic rings. The van der Waals surface area contributed by atoms with Gasteiger partial charge in [-0.25, -0.2) is 0 Å². The maximum atomic E-state index is 12.1. The van der Waals surface area contributed by atoms with E-state index in [1.54, 1.807) is 6.20 Å². The number of amides is 1. The molecule has 1 heterocycles. The predicted octanol–water partition coefficient (Wildman–Crippen LogP) is 3.35. The topological polar surface area (TPSA) is 51.2 Å². The van der Waals surface area contributed by atoms with Gasteiger partial charge in [-0.05, 0) is 42.8 Å². The normalized spacial score (nSPS) is 10.5. The summed E-state index contributed by atoms with van der Waals surface area (Å²) in [6.07, 6.45) is 1.77. The van der Waals surface area contributed by atoms with Crippen molar-refractivity contribution in [2.45, 2.75) is 6.92 Å². The fourth-order valence-corrected chi connectivity index (χ4v) is 2.40. The van der Waals surface area contributed by atoms with E-state index in [-0.39, 0.29) is 5.91 Å². The molecule has 4 nitrogen and oxygen atoms in total. The van der Waals surface area contributed by atoms with Crippen molar-refractivity contribution in [2.75, 3.05) is 13.2 Å². The molecule has 0 atom stereocenters. The average molecular weight is 306 g/mol. The van der Waals surface area contributed by atoms with Crippen LogP contribution in [-0.2, 0) is 0 Å². The highest BCUT2D eigenvalue weighted by Crippen LogP contribution is 2.18. The second kappa shape index (κ2) is 6.92. The van der Waals surface area contributed by atoms with E-state index >= 15 is 0 Å². The molecule has 0 spiro atoms. The van der Waals surface area contributed by atoms with E-state index < -0.39 is 0 Å². The number of nitrogens with zero attached hydrogens (tertiary/aromatic N) is 1. The molecule has 1 aromatic heterocycles. The number of aryl methyl sites for hydroxylation is 1. The summed E-state index contributed by atoms with van der Waals surface area (Å²) in [6.45, 7) is 2.80. The number of carbonyl (C=O) groups excluding carboxylic acids is 1. The first-order valence-electron chi connectivity index (χ1n) is 7.55. The molecule has 0 aliphatic heterocycles.